The maximum atomic E-state index is 14.2. The normalized spacial score (nSPS) is 28.4. The van der Waals surface area contributed by atoms with Gasteiger partial charge in [0.2, 0.25) is 5.91 Å². The fourth-order valence-electron chi connectivity index (χ4n) is 8.16. The number of azo groups is 1. The van der Waals surface area contributed by atoms with E-state index in [4.69, 9.17) is 19.9 Å². The number of phenols is 1. The van der Waals surface area contributed by atoms with E-state index in [9.17, 15) is 39.3 Å². The number of amides is 1. The molecule has 1 aliphatic heterocycles. The van der Waals surface area contributed by atoms with E-state index in [1.54, 1.807) is 13.0 Å². The second-order valence-corrected chi connectivity index (χ2v) is 14.2. The highest BCUT2D eigenvalue weighted by Gasteiger charge is 2.70. The molecule has 4 aliphatic rings. The Hall–Kier alpha value is -4.73. The van der Waals surface area contributed by atoms with Crippen molar-refractivity contribution in [1.29, 1.82) is 0 Å². The second-order valence-electron chi connectivity index (χ2n) is 14.2. The van der Waals surface area contributed by atoms with Crippen LogP contribution in [-0.4, -0.2) is 95.6 Å². The molecule has 2 unspecified atom stereocenters. The van der Waals surface area contributed by atoms with Gasteiger partial charge in [-0.15, -0.1) is 5.11 Å². The molecule has 6 rings (SSSR count). The molecule has 1 heterocycles. The summed E-state index contributed by atoms with van der Waals surface area (Å²) < 4.78 is 18.0. The Morgan fingerprint density at radius 2 is 1.62 bits per heavy atom. The van der Waals surface area contributed by atoms with Crippen LogP contribution in [0.2, 0.25) is 0 Å². The number of aromatic hydroxyl groups is 1. The smallest absolute Gasteiger partial charge is 0.235 e. The number of ketones is 4. The number of fused-ring (bicyclic) bond motifs is 3. The van der Waals surface area contributed by atoms with Gasteiger partial charge in [-0.05, 0) is 36.5 Å². The predicted molar refractivity (Wildman–Crippen MR) is 189 cm³/mol. The van der Waals surface area contributed by atoms with Gasteiger partial charge in [0.25, 0.3) is 0 Å². The molecule has 7 atom stereocenters. The van der Waals surface area contributed by atoms with Crippen LogP contribution in [0.15, 0.2) is 34.5 Å². The second kappa shape index (κ2) is 15.3. The zero-order valence-electron chi connectivity index (χ0n) is 30.1. The van der Waals surface area contributed by atoms with Crippen LogP contribution in [0.1, 0.15) is 74.7 Å². The number of aliphatic hydroxyl groups excluding tert-OH is 1. The lowest BCUT2D eigenvalue weighted by atomic mass is 9.50. The number of carbonyl (C=O) groups excluding carboxylic acids is 5. The molecule has 2 saturated carbocycles. The first-order chi connectivity index (χ1) is 25.4. The quantitative estimate of drug-likeness (QED) is 0.140. The number of phenolic OH excluding ortho intramolecular Hbond substituents is 1. The summed E-state index contributed by atoms with van der Waals surface area (Å²) in [6, 6.07) is 6.31. The Balaban J connectivity index is 1.42. The Morgan fingerprint density at radius 3 is 2.26 bits per heavy atom. The molecule has 1 saturated heterocycles. The van der Waals surface area contributed by atoms with Gasteiger partial charge >= 0.3 is 0 Å². The van der Waals surface area contributed by atoms with Gasteiger partial charge in [0.1, 0.15) is 22.9 Å². The van der Waals surface area contributed by atoms with Crippen molar-refractivity contribution in [3.05, 3.63) is 35.4 Å². The molecule has 0 spiro atoms. The predicted octanol–water partition coefficient (Wildman–Crippen LogP) is 3.47. The molecule has 2 aromatic carbocycles. The number of carbonyl (C=O) groups is 5. The fraction of sp³-hybridized carbons (Fsp3) is 0.553. The number of primary amides is 1. The van der Waals surface area contributed by atoms with Crippen LogP contribution < -0.4 is 20.1 Å². The first-order valence-corrected chi connectivity index (χ1v) is 18.3. The van der Waals surface area contributed by atoms with E-state index in [2.05, 4.69) is 22.1 Å². The van der Waals surface area contributed by atoms with Gasteiger partial charge in [0, 0.05) is 43.5 Å². The van der Waals surface area contributed by atoms with Gasteiger partial charge in [0.15, 0.2) is 34.7 Å². The summed E-state index contributed by atoms with van der Waals surface area (Å²) in [6.07, 6.45) is 1.07. The van der Waals surface area contributed by atoms with Gasteiger partial charge in [-0.1, -0.05) is 33.6 Å². The average Bonchev–Trinajstić information content (AvgIpc) is 3.13. The number of unbranched alkanes of at least 4 members (excludes halogenated alkanes) is 2. The molecular weight excluding hydrogens is 688 g/mol. The number of nitrogens with two attached hydrogens (primary N) is 1. The summed E-state index contributed by atoms with van der Waals surface area (Å²) in [5, 5.41) is 43.3. The van der Waals surface area contributed by atoms with Crippen LogP contribution >= 0.6 is 0 Å². The summed E-state index contributed by atoms with van der Waals surface area (Å²) in [5.74, 6) is -12.9. The van der Waals surface area contributed by atoms with Crippen LogP contribution in [0, 0.1) is 23.7 Å². The van der Waals surface area contributed by atoms with E-state index in [0.717, 1.165) is 31.4 Å². The van der Waals surface area contributed by atoms with Crippen molar-refractivity contribution in [1.82, 2.24) is 0 Å². The Labute approximate surface area is 306 Å². The van der Waals surface area contributed by atoms with Gasteiger partial charge in [-0.3, -0.25) is 24.0 Å². The molecule has 2 aromatic rings. The van der Waals surface area contributed by atoms with Crippen molar-refractivity contribution in [2.75, 3.05) is 44.4 Å². The van der Waals surface area contributed by atoms with Crippen LogP contribution in [0.4, 0.5) is 17.1 Å². The number of Topliss-reactive ketones (excluding diaryl/α,β-unsaturated/α-hetero) is 4. The monoisotopic (exact) mass is 734 g/mol. The maximum Gasteiger partial charge on any atom is 0.235 e. The number of morpholine rings is 1. The Kier molecular flexibility index (Phi) is 11.0. The molecule has 5 N–H and O–H groups in total. The summed E-state index contributed by atoms with van der Waals surface area (Å²) in [6.45, 7) is 9.09. The zero-order valence-corrected chi connectivity index (χ0v) is 30.1. The lowest BCUT2D eigenvalue weighted by Crippen LogP contribution is -2.72. The molecule has 0 bridgehead atoms. The first-order valence-electron chi connectivity index (χ1n) is 18.3. The molecule has 3 aliphatic carbocycles. The lowest BCUT2D eigenvalue weighted by molar-refractivity contribution is -0.189. The summed E-state index contributed by atoms with van der Waals surface area (Å²) in [7, 11) is 0. The molecule has 0 radical (unpaired) electrons. The molecule has 284 valence electrons. The lowest BCUT2D eigenvalue weighted by Gasteiger charge is -2.52. The van der Waals surface area contributed by atoms with Crippen LogP contribution in [-0.2, 0) is 23.9 Å². The number of nitrogens with zero attached hydrogens (tertiary/aromatic N) is 3. The Morgan fingerprint density at radius 1 is 0.981 bits per heavy atom. The Bertz CT molecular complexity index is 1840. The van der Waals surface area contributed by atoms with E-state index < -0.39 is 82.5 Å². The number of benzene rings is 2. The number of hydrogen-bond acceptors (Lipinski definition) is 14. The van der Waals surface area contributed by atoms with Gasteiger partial charge in [-0.25, -0.2) is 0 Å². The third kappa shape index (κ3) is 6.59. The maximum absolute atomic E-state index is 14.2. The molecule has 1 amide bonds. The van der Waals surface area contributed by atoms with Crippen LogP contribution in [0.5, 0.6) is 17.2 Å². The van der Waals surface area contributed by atoms with Crippen LogP contribution in [0.25, 0.3) is 0 Å². The van der Waals surface area contributed by atoms with Crippen molar-refractivity contribution < 1.29 is 53.5 Å². The van der Waals surface area contributed by atoms with Crippen molar-refractivity contribution in [3.63, 3.8) is 0 Å². The van der Waals surface area contributed by atoms with Crippen molar-refractivity contribution in [2.24, 2.45) is 39.6 Å². The van der Waals surface area contributed by atoms with Crippen molar-refractivity contribution in [3.8, 4) is 17.2 Å². The van der Waals surface area contributed by atoms with Crippen molar-refractivity contribution in [2.45, 2.75) is 70.5 Å². The zero-order chi connectivity index (χ0) is 38.2. The van der Waals surface area contributed by atoms with E-state index in [1.807, 2.05) is 13.0 Å². The molecule has 53 heavy (non-hydrogen) atoms. The number of hydrogen-bond donors (Lipinski definition) is 4. The molecule has 0 aromatic heterocycles. The summed E-state index contributed by atoms with van der Waals surface area (Å²) in [4.78, 5) is 68.5. The number of anilines is 1. The average molecular weight is 735 g/mol. The molecule has 3 fully saturated rings. The van der Waals surface area contributed by atoms with Crippen molar-refractivity contribution >= 4 is 46.1 Å². The minimum Gasteiger partial charge on any atom is -0.507 e. The molecular formula is C38H46N4O11. The highest BCUT2D eigenvalue weighted by Crippen LogP contribution is 2.55. The summed E-state index contributed by atoms with van der Waals surface area (Å²) >= 11 is 0. The van der Waals surface area contributed by atoms with E-state index >= 15 is 0 Å². The van der Waals surface area contributed by atoms with E-state index in [1.165, 1.54) is 12.1 Å². The third-order valence-corrected chi connectivity index (χ3v) is 11.0. The SMILES string of the molecule is CCCCOc1cc(N2CCOCC2)c(OCCCC)cc1N=Nc1ccc(O)c2c1[C@H](C)[C@@H]1C(C2=O)C(=O)[C@]2(O)C(=O)C(C(N)=O)C(=O)C[C@@H]2[C@H]1O. The molecule has 15 heteroatoms. The highest BCUT2D eigenvalue weighted by atomic mass is 16.5. The van der Waals surface area contributed by atoms with E-state index in [0.29, 0.717) is 56.7 Å². The number of aliphatic hydroxyl groups is 2. The fourth-order valence-corrected chi connectivity index (χ4v) is 8.16. The largest absolute Gasteiger partial charge is 0.507 e. The van der Waals surface area contributed by atoms with E-state index in [-0.39, 0.29) is 16.8 Å². The molecule has 15 nitrogen and oxygen atoms in total. The standard InChI is InChI=1S/C38H46N4O11/c1-4-6-12-52-26-18-23(42-10-14-51-15-11-42)27(53-13-7-5-2)17-22(26)41-40-21-8-9-24(43)30-28(21)19(3)29-32(34(30)46)36(48)38(50)20(33(29)45)16-25(44)31(35(38)47)37(39)49/h8-9,17-20,29,31-33,43,45,50H,4-7,10-16H2,1-3H3,(H2,39,49)/t19-,20+,29+,31?,32?,33+,38+/m0/s1. The van der Waals surface area contributed by atoms with Gasteiger partial charge in [-0.2, -0.15) is 5.11 Å². The number of rotatable bonds is 12. The van der Waals surface area contributed by atoms with Gasteiger partial charge in [0.05, 0.1) is 55.4 Å². The highest BCUT2D eigenvalue weighted by molar-refractivity contribution is 6.31. The van der Waals surface area contributed by atoms with Gasteiger partial charge < -0.3 is 40.2 Å². The topological polar surface area (TPSA) is 228 Å². The summed E-state index contributed by atoms with van der Waals surface area (Å²) in [5.41, 5.74) is 3.53. The first kappa shape index (κ1) is 38.0. The van der Waals surface area contributed by atoms with Crippen LogP contribution in [0.3, 0.4) is 0 Å². The minimum absolute atomic E-state index is 0.160. The number of ether oxygens (including phenoxy) is 3. The third-order valence-electron chi connectivity index (χ3n) is 11.0. The minimum atomic E-state index is -3.01.